The van der Waals surface area contributed by atoms with E-state index in [-0.39, 0.29) is 17.4 Å². The van der Waals surface area contributed by atoms with Crippen molar-refractivity contribution in [2.45, 2.75) is 25.8 Å². The summed E-state index contributed by atoms with van der Waals surface area (Å²) in [5.41, 5.74) is 2.09. The molecule has 172 valence electrons. The highest BCUT2D eigenvalue weighted by Crippen LogP contribution is 2.31. The van der Waals surface area contributed by atoms with Gasteiger partial charge in [-0.1, -0.05) is 49.2 Å². The number of aromatic amines is 1. The molecular weight excluding hydrogens is 425 g/mol. The van der Waals surface area contributed by atoms with Crippen LogP contribution in [0.2, 0.25) is 0 Å². The first kappa shape index (κ1) is 22.5. The molecule has 1 heterocycles. The Morgan fingerprint density at radius 3 is 2.64 bits per heavy atom. The van der Waals surface area contributed by atoms with Gasteiger partial charge in [-0.3, -0.25) is 10.1 Å². The molecule has 0 aliphatic heterocycles. The average Bonchev–Trinajstić information content (AvgIpc) is 3.63. The maximum Gasteiger partial charge on any atom is 0.326 e. The zero-order chi connectivity index (χ0) is 23.0. The summed E-state index contributed by atoms with van der Waals surface area (Å²) in [5, 5.41) is 8.44. The van der Waals surface area contributed by atoms with E-state index in [2.05, 4.69) is 25.9 Å². The largest absolute Gasteiger partial charge is 0.461 e. The second-order valence-electron chi connectivity index (χ2n) is 7.90. The number of nitrogens with one attached hydrogen (secondary N) is 4. The zero-order valence-corrected chi connectivity index (χ0v) is 18.1. The van der Waals surface area contributed by atoms with E-state index in [1.165, 1.54) is 31.5 Å². The minimum absolute atomic E-state index is 0.0124. The summed E-state index contributed by atoms with van der Waals surface area (Å²) < 4.78 is 17.3. The fourth-order valence-corrected chi connectivity index (χ4v) is 3.43. The van der Waals surface area contributed by atoms with Crippen LogP contribution < -0.4 is 26.2 Å². The van der Waals surface area contributed by atoms with Crippen molar-refractivity contribution < 1.29 is 13.9 Å². The number of hydrogen-bond acceptors (Lipinski definition) is 5. The number of carbonyl (C=O) groups is 1. The number of halogens is 1. The van der Waals surface area contributed by atoms with Gasteiger partial charge in [0.1, 0.15) is 5.75 Å². The molecule has 3 aromatic rings. The van der Waals surface area contributed by atoms with Crippen molar-refractivity contribution in [2.24, 2.45) is 5.92 Å². The number of amides is 2. The number of rotatable bonds is 10. The summed E-state index contributed by atoms with van der Waals surface area (Å²) in [6.45, 7) is 0.792. The molecule has 8 nitrogen and oxygen atoms in total. The Balaban J connectivity index is 1.34. The van der Waals surface area contributed by atoms with Gasteiger partial charge in [0.25, 0.3) is 5.56 Å². The number of benzene rings is 2. The zero-order valence-electron chi connectivity index (χ0n) is 18.1. The van der Waals surface area contributed by atoms with Gasteiger partial charge in [-0.2, -0.15) is 4.98 Å². The molecule has 2 aromatic carbocycles. The van der Waals surface area contributed by atoms with Crippen LogP contribution in [0.5, 0.6) is 5.75 Å². The SMILES string of the molecule is O=C(Nc1nc(=O)c(-c2ccc(CNCCC3CC3)cc2)c[nH]1)Nc1ccccc1OCF. The van der Waals surface area contributed by atoms with E-state index in [9.17, 15) is 14.0 Å². The molecule has 1 saturated carbocycles. The first-order valence-electron chi connectivity index (χ1n) is 10.9. The smallest absolute Gasteiger partial charge is 0.326 e. The van der Waals surface area contributed by atoms with Gasteiger partial charge >= 0.3 is 6.03 Å². The Bertz CT molecular complexity index is 1150. The lowest BCUT2D eigenvalue weighted by atomic mass is 10.1. The lowest BCUT2D eigenvalue weighted by Crippen LogP contribution is -2.23. The minimum Gasteiger partial charge on any atom is -0.461 e. The highest BCUT2D eigenvalue weighted by atomic mass is 19.1. The van der Waals surface area contributed by atoms with Gasteiger partial charge in [-0.25, -0.2) is 9.18 Å². The van der Waals surface area contributed by atoms with E-state index >= 15 is 0 Å². The van der Waals surface area contributed by atoms with Crippen molar-refractivity contribution in [3.05, 3.63) is 70.6 Å². The fourth-order valence-electron chi connectivity index (χ4n) is 3.43. The predicted octanol–water partition coefficient (Wildman–Crippen LogP) is 4.28. The van der Waals surface area contributed by atoms with Gasteiger partial charge < -0.3 is 20.4 Å². The molecule has 0 atom stereocenters. The van der Waals surface area contributed by atoms with Crippen LogP contribution in [0.25, 0.3) is 11.1 Å². The molecule has 1 aliphatic rings. The molecule has 1 aromatic heterocycles. The normalized spacial score (nSPS) is 12.9. The van der Waals surface area contributed by atoms with Crippen LogP contribution in [-0.4, -0.2) is 29.4 Å². The highest BCUT2D eigenvalue weighted by molar-refractivity contribution is 5.99. The Morgan fingerprint density at radius 2 is 1.91 bits per heavy atom. The quantitative estimate of drug-likeness (QED) is 0.344. The summed E-state index contributed by atoms with van der Waals surface area (Å²) in [6, 6.07) is 13.5. The molecule has 9 heteroatoms. The van der Waals surface area contributed by atoms with Crippen LogP contribution in [0.3, 0.4) is 0 Å². The van der Waals surface area contributed by atoms with Crippen LogP contribution >= 0.6 is 0 Å². The van der Waals surface area contributed by atoms with Crippen LogP contribution in [0.15, 0.2) is 59.5 Å². The third kappa shape index (κ3) is 6.39. The molecule has 1 aliphatic carbocycles. The topological polar surface area (TPSA) is 108 Å². The van der Waals surface area contributed by atoms with E-state index in [4.69, 9.17) is 4.74 Å². The molecule has 4 rings (SSSR count). The molecule has 0 unspecified atom stereocenters. The predicted molar refractivity (Wildman–Crippen MR) is 125 cm³/mol. The number of hydrogen-bond donors (Lipinski definition) is 4. The second-order valence-corrected chi connectivity index (χ2v) is 7.90. The Morgan fingerprint density at radius 1 is 1.12 bits per heavy atom. The Kier molecular flexibility index (Phi) is 7.31. The van der Waals surface area contributed by atoms with Crippen LogP contribution in [0, 0.1) is 5.92 Å². The van der Waals surface area contributed by atoms with Crippen molar-refractivity contribution in [2.75, 3.05) is 24.0 Å². The molecule has 33 heavy (non-hydrogen) atoms. The first-order chi connectivity index (χ1) is 16.1. The molecule has 0 spiro atoms. The second kappa shape index (κ2) is 10.7. The third-order valence-corrected chi connectivity index (χ3v) is 5.39. The van der Waals surface area contributed by atoms with Gasteiger partial charge in [-0.15, -0.1) is 0 Å². The van der Waals surface area contributed by atoms with E-state index < -0.39 is 18.5 Å². The highest BCUT2D eigenvalue weighted by Gasteiger charge is 2.19. The molecular formula is C24H26FN5O3. The van der Waals surface area contributed by atoms with Crippen LogP contribution in [0.4, 0.5) is 20.8 Å². The number of anilines is 2. The summed E-state index contributed by atoms with van der Waals surface area (Å²) in [5.74, 6) is 1.09. The van der Waals surface area contributed by atoms with Gasteiger partial charge in [0.15, 0.2) is 0 Å². The Hall–Kier alpha value is -3.72. The third-order valence-electron chi connectivity index (χ3n) is 5.39. The average molecular weight is 452 g/mol. The fraction of sp³-hybridized carbons (Fsp3) is 0.292. The first-order valence-corrected chi connectivity index (χ1v) is 10.9. The standard InChI is InChI=1S/C24H26FN5O3/c25-15-33-21-4-2-1-3-20(21)28-24(32)30-23-27-14-19(22(31)29-23)18-9-7-17(8-10-18)13-26-12-11-16-5-6-16/h1-4,7-10,14,16,26H,5-6,11-13,15H2,(H3,27,28,29,30,31,32). The van der Waals surface area contributed by atoms with E-state index in [1.54, 1.807) is 18.2 Å². The van der Waals surface area contributed by atoms with E-state index in [0.717, 1.165) is 30.1 Å². The van der Waals surface area contributed by atoms with E-state index in [1.807, 2.05) is 24.3 Å². The summed E-state index contributed by atoms with van der Waals surface area (Å²) >= 11 is 0. The van der Waals surface area contributed by atoms with Gasteiger partial charge in [0, 0.05) is 12.7 Å². The summed E-state index contributed by atoms with van der Waals surface area (Å²) in [4.78, 5) is 31.5. The summed E-state index contributed by atoms with van der Waals surface area (Å²) in [7, 11) is 0. The van der Waals surface area contributed by atoms with Crippen molar-refractivity contribution in [3.8, 4) is 16.9 Å². The lowest BCUT2D eigenvalue weighted by molar-refractivity contribution is 0.192. The molecule has 0 saturated heterocycles. The van der Waals surface area contributed by atoms with E-state index in [0.29, 0.717) is 5.56 Å². The molecule has 4 N–H and O–H groups in total. The van der Waals surface area contributed by atoms with Crippen molar-refractivity contribution >= 4 is 17.7 Å². The number of alkyl halides is 1. The summed E-state index contributed by atoms with van der Waals surface area (Å²) in [6.07, 6.45) is 5.46. The van der Waals surface area contributed by atoms with Gasteiger partial charge in [0.05, 0.1) is 11.3 Å². The Labute approximate surface area is 190 Å². The number of ether oxygens (including phenoxy) is 1. The van der Waals surface area contributed by atoms with Gasteiger partial charge in [0.2, 0.25) is 12.8 Å². The maximum atomic E-state index is 12.5. The maximum absolute atomic E-state index is 12.5. The number of aromatic nitrogens is 2. The molecule has 1 fully saturated rings. The number of para-hydroxylation sites is 2. The monoisotopic (exact) mass is 451 g/mol. The molecule has 0 bridgehead atoms. The van der Waals surface area contributed by atoms with Gasteiger partial charge in [-0.05, 0) is 42.1 Å². The molecule has 2 amide bonds. The van der Waals surface area contributed by atoms with Crippen molar-refractivity contribution in [3.63, 3.8) is 0 Å². The number of H-pyrrole nitrogens is 1. The van der Waals surface area contributed by atoms with Crippen molar-refractivity contribution in [1.29, 1.82) is 0 Å². The number of nitrogens with zero attached hydrogens (tertiary/aromatic N) is 1. The number of urea groups is 1. The van der Waals surface area contributed by atoms with Crippen LogP contribution in [0.1, 0.15) is 24.8 Å². The number of carbonyl (C=O) groups excluding carboxylic acids is 1. The van der Waals surface area contributed by atoms with Crippen LogP contribution in [-0.2, 0) is 6.54 Å². The minimum atomic E-state index is -1.02. The molecule has 0 radical (unpaired) electrons. The van der Waals surface area contributed by atoms with Crippen molar-refractivity contribution in [1.82, 2.24) is 15.3 Å². The lowest BCUT2D eigenvalue weighted by Gasteiger charge is -2.11.